The number of benzene rings is 1. The molecule has 0 amide bonds. The average molecular weight is 479 g/mol. The molecule has 3 aromatic rings. The summed E-state index contributed by atoms with van der Waals surface area (Å²) in [5, 5.41) is 4.21. The lowest BCUT2D eigenvalue weighted by Gasteiger charge is -2.28. The van der Waals surface area contributed by atoms with Gasteiger partial charge >= 0.3 is 5.97 Å². The number of rotatable bonds is 8. The number of para-hydroxylation sites is 1. The molecule has 4 rings (SSSR count). The number of thiocarbonyl (C=S) groups is 1. The largest absolute Gasteiger partial charge is 0.465 e. The molecule has 1 aliphatic heterocycles. The summed E-state index contributed by atoms with van der Waals surface area (Å²) in [6.45, 7) is 5.55. The quantitative estimate of drug-likeness (QED) is 0.294. The first-order valence-electron chi connectivity index (χ1n) is 11.3. The Bertz CT molecular complexity index is 1180. The summed E-state index contributed by atoms with van der Waals surface area (Å²) in [5.74, 6) is -0.360. The van der Waals surface area contributed by atoms with E-state index >= 15 is 0 Å². The molecule has 1 N–H and O–H groups in total. The highest BCUT2D eigenvalue weighted by atomic mass is 32.1. The van der Waals surface area contributed by atoms with Crippen molar-refractivity contribution in [3.05, 3.63) is 82.9 Å². The lowest BCUT2D eigenvalue weighted by molar-refractivity contribution is 0.0600. The second-order valence-corrected chi connectivity index (χ2v) is 8.72. The first-order chi connectivity index (χ1) is 16.5. The fraction of sp³-hybridized carbons (Fsp3) is 0.346. The molecular formula is C26H30N4O3S. The van der Waals surface area contributed by atoms with Gasteiger partial charge in [-0.15, -0.1) is 0 Å². The number of carbonyl (C=O) groups is 1. The van der Waals surface area contributed by atoms with Gasteiger partial charge in [-0.05, 0) is 68.4 Å². The van der Waals surface area contributed by atoms with E-state index in [1.54, 1.807) is 19.4 Å². The van der Waals surface area contributed by atoms with Gasteiger partial charge in [0, 0.05) is 37.8 Å². The van der Waals surface area contributed by atoms with Gasteiger partial charge in [-0.1, -0.05) is 18.2 Å². The fourth-order valence-corrected chi connectivity index (χ4v) is 5.10. The van der Waals surface area contributed by atoms with E-state index in [0.717, 1.165) is 41.3 Å². The van der Waals surface area contributed by atoms with Crippen LogP contribution >= 0.6 is 12.2 Å². The first kappa shape index (κ1) is 23.9. The minimum absolute atomic E-state index is 0.0514. The highest BCUT2D eigenvalue weighted by molar-refractivity contribution is 7.80. The molecule has 1 aliphatic rings. The third-order valence-corrected chi connectivity index (χ3v) is 6.64. The topological polar surface area (TPSA) is 68.6 Å². The molecule has 2 atom stereocenters. The van der Waals surface area contributed by atoms with E-state index in [1.165, 1.54) is 7.11 Å². The number of methoxy groups -OCH3 is 2. The molecule has 7 nitrogen and oxygen atoms in total. The number of nitrogens with one attached hydrogen (secondary N) is 1. The summed E-state index contributed by atoms with van der Waals surface area (Å²) in [7, 11) is 3.11. The van der Waals surface area contributed by atoms with Gasteiger partial charge in [0.25, 0.3) is 0 Å². The van der Waals surface area contributed by atoms with E-state index in [-0.39, 0.29) is 18.1 Å². The highest BCUT2D eigenvalue weighted by Gasteiger charge is 2.41. The van der Waals surface area contributed by atoms with Gasteiger partial charge in [0.1, 0.15) is 0 Å². The van der Waals surface area contributed by atoms with Crippen molar-refractivity contribution < 1.29 is 14.3 Å². The summed E-state index contributed by atoms with van der Waals surface area (Å²) >= 11 is 5.77. The first-order valence-corrected chi connectivity index (χ1v) is 11.7. The predicted octanol–water partition coefficient (Wildman–Crippen LogP) is 4.28. The van der Waals surface area contributed by atoms with Crippen LogP contribution in [-0.2, 0) is 9.47 Å². The Morgan fingerprint density at radius 1 is 1.15 bits per heavy atom. The molecule has 1 saturated heterocycles. The van der Waals surface area contributed by atoms with E-state index in [1.807, 2.05) is 36.4 Å². The molecule has 34 heavy (non-hydrogen) atoms. The number of hydrogen-bond donors (Lipinski definition) is 1. The Hall–Kier alpha value is -3.23. The smallest absolute Gasteiger partial charge is 0.339 e. The van der Waals surface area contributed by atoms with Crippen LogP contribution in [-0.4, -0.2) is 52.9 Å². The summed E-state index contributed by atoms with van der Waals surface area (Å²) in [5.41, 5.74) is 5.46. The van der Waals surface area contributed by atoms with Gasteiger partial charge in [0.15, 0.2) is 5.11 Å². The van der Waals surface area contributed by atoms with E-state index in [0.29, 0.717) is 17.3 Å². The van der Waals surface area contributed by atoms with Crippen molar-refractivity contribution in [2.75, 3.05) is 27.4 Å². The Morgan fingerprint density at radius 2 is 1.91 bits per heavy atom. The van der Waals surface area contributed by atoms with Gasteiger partial charge in [-0.25, -0.2) is 4.79 Å². The van der Waals surface area contributed by atoms with E-state index < -0.39 is 0 Å². The Labute approximate surface area is 205 Å². The van der Waals surface area contributed by atoms with Gasteiger partial charge in [0.05, 0.1) is 36.1 Å². The lowest BCUT2D eigenvalue weighted by atomic mass is 9.96. The van der Waals surface area contributed by atoms with Crippen molar-refractivity contribution >= 4 is 23.3 Å². The molecule has 0 unspecified atom stereocenters. The number of pyridine rings is 1. The minimum Gasteiger partial charge on any atom is -0.465 e. The van der Waals surface area contributed by atoms with Crippen molar-refractivity contribution in [2.24, 2.45) is 0 Å². The van der Waals surface area contributed by atoms with Crippen molar-refractivity contribution in [3.8, 4) is 5.69 Å². The Morgan fingerprint density at radius 3 is 2.62 bits per heavy atom. The maximum atomic E-state index is 12.5. The number of nitrogens with zero attached hydrogens (tertiary/aromatic N) is 3. The third kappa shape index (κ3) is 4.43. The van der Waals surface area contributed by atoms with Crippen molar-refractivity contribution in [2.45, 2.75) is 32.4 Å². The molecule has 0 radical (unpaired) electrons. The molecule has 0 bridgehead atoms. The fourth-order valence-electron chi connectivity index (χ4n) is 4.77. The Balaban J connectivity index is 1.82. The number of aromatic nitrogens is 2. The monoisotopic (exact) mass is 478 g/mol. The molecule has 3 heterocycles. The maximum absolute atomic E-state index is 12.5. The molecule has 2 aromatic heterocycles. The van der Waals surface area contributed by atoms with Crippen LogP contribution in [0.15, 0.2) is 54.7 Å². The summed E-state index contributed by atoms with van der Waals surface area (Å²) < 4.78 is 12.4. The van der Waals surface area contributed by atoms with E-state index in [4.69, 9.17) is 21.7 Å². The molecule has 8 heteroatoms. The molecule has 0 aliphatic carbocycles. The number of esters is 1. The molecule has 0 spiro atoms. The van der Waals surface area contributed by atoms with Gasteiger partial charge < -0.3 is 24.3 Å². The molecule has 1 fully saturated rings. The standard InChI is InChI=1S/C26H30N4O3S/c1-17-16-20(18(2)30(17)22-12-6-5-10-19(22)25(31)33-4)24-23(21-11-7-8-13-27-21)28-26(34)29(24)14-9-15-32-3/h5-8,10-13,16,23-24H,9,14-15H2,1-4H3,(H,28,34)/t23-,24-/m0/s1. The van der Waals surface area contributed by atoms with E-state index in [2.05, 4.69) is 39.7 Å². The number of carbonyl (C=O) groups excluding carboxylic acids is 1. The number of hydrogen-bond acceptors (Lipinski definition) is 5. The second-order valence-electron chi connectivity index (χ2n) is 8.34. The summed E-state index contributed by atoms with van der Waals surface area (Å²) in [6, 6.07) is 15.5. The van der Waals surface area contributed by atoms with Crippen LogP contribution in [0, 0.1) is 13.8 Å². The van der Waals surface area contributed by atoms with Crippen molar-refractivity contribution in [1.82, 2.24) is 19.8 Å². The van der Waals surface area contributed by atoms with E-state index in [9.17, 15) is 4.79 Å². The van der Waals surface area contributed by atoms with Gasteiger partial charge in [0.2, 0.25) is 0 Å². The summed E-state index contributed by atoms with van der Waals surface area (Å²) in [6.07, 6.45) is 2.66. The second kappa shape index (κ2) is 10.4. The van der Waals surface area contributed by atoms with Crippen LogP contribution in [0.4, 0.5) is 0 Å². The zero-order chi connectivity index (χ0) is 24.2. The van der Waals surface area contributed by atoms with Crippen molar-refractivity contribution in [1.29, 1.82) is 0 Å². The summed E-state index contributed by atoms with van der Waals surface area (Å²) in [4.78, 5) is 19.3. The third-order valence-electron chi connectivity index (χ3n) is 6.28. The lowest BCUT2D eigenvalue weighted by Crippen LogP contribution is -2.31. The number of ether oxygens (including phenoxy) is 2. The highest BCUT2D eigenvalue weighted by Crippen LogP contribution is 2.41. The van der Waals surface area contributed by atoms with Gasteiger partial charge in [-0.2, -0.15) is 0 Å². The molecule has 1 aromatic carbocycles. The zero-order valence-electron chi connectivity index (χ0n) is 19.9. The Kier molecular flexibility index (Phi) is 7.29. The molecule has 178 valence electrons. The van der Waals surface area contributed by atoms with Gasteiger partial charge in [-0.3, -0.25) is 4.98 Å². The SMILES string of the molecule is COCCCN1C(=S)N[C@@H](c2ccccn2)[C@@H]1c1cc(C)n(-c2ccccc2C(=O)OC)c1C. The zero-order valence-corrected chi connectivity index (χ0v) is 20.8. The van der Waals surface area contributed by atoms with Crippen molar-refractivity contribution in [3.63, 3.8) is 0 Å². The van der Waals surface area contributed by atoms with Crippen LogP contribution in [0.3, 0.4) is 0 Å². The van der Waals surface area contributed by atoms with Crippen LogP contribution in [0.25, 0.3) is 5.69 Å². The van der Waals surface area contributed by atoms with Crippen LogP contribution in [0.2, 0.25) is 0 Å². The minimum atomic E-state index is -0.360. The normalized spacial score (nSPS) is 17.6. The predicted molar refractivity (Wildman–Crippen MR) is 135 cm³/mol. The number of aryl methyl sites for hydroxylation is 1. The molecule has 0 saturated carbocycles. The van der Waals surface area contributed by atoms with Crippen LogP contribution in [0.5, 0.6) is 0 Å². The molecular weight excluding hydrogens is 448 g/mol. The van der Waals surface area contributed by atoms with Crippen LogP contribution in [0.1, 0.15) is 51.5 Å². The maximum Gasteiger partial charge on any atom is 0.339 e. The average Bonchev–Trinajstić information content (AvgIpc) is 3.34. The van der Waals surface area contributed by atoms with Crippen LogP contribution < -0.4 is 5.32 Å².